The molecule has 1 N–H and O–H groups in total. The van der Waals surface area contributed by atoms with Gasteiger partial charge in [-0.2, -0.15) is 0 Å². The molecule has 0 amide bonds. The lowest BCUT2D eigenvalue weighted by atomic mass is 9.82. The van der Waals surface area contributed by atoms with Crippen LogP contribution in [0.25, 0.3) is 0 Å². The molecule has 1 heterocycles. The van der Waals surface area contributed by atoms with Crippen molar-refractivity contribution in [2.24, 2.45) is 5.41 Å². The second-order valence-electron chi connectivity index (χ2n) is 6.13. The number of hydrogen-bond acceptors (Lipinski definition) is 3. The third kappa shape index (κ3) is 4.57. The minimum atomic E-state index is 0.166. The number of hydrogen-bond donors (Lipinski definition) is 1. The van der Waals surface area contributed by atoms with E-state index in [-0.39, 0.29) is 11.5 Å². The molecule has 0 saturated carbocycles. The minimum absolute atomic E-state index is 0.166. The Labute approximate surface area is 106 Å². The first-order valence-electron chi connectivity index (χ1n) is 6.80. The van der Waals surface area contributed by atoms with E-state index < -0.39 is 0 Å². The molecule has 102 valence electrons. The van der Waals surface area contributed by atoms with Gasteiger partial charge in [0.05, 0.1) is 12.2 Å². The van der Waals surface area contributed by atoms with Crippen molar-refractivity contribution < 1.29 is 9.47 Å². The molecule has 0 bridgehead atoms. The molecule has 0 aliphatic carbocycles. The Hall–Kier alpha value is -0.120. The Kier molecular flexibility index (Phi) is 5.90. The Morgan fingerprint density at radius 1 is 1.41 bits per heavy atom. The van der Waals surface area contributed by atoms with Crippen molar-refractivity contribution in [1.29, 1.82) is 0 Å². The third-order valence-electron chi connectivity index (χ3n) is 3.67. The van der Waals surface area contributed by atoms with E-state index in [0.717, 1.165) is 19.4 Å². The van der Waals surface area contributed by atoms with Crippen molar-refractivity contribution in [3.8, 4) is 0 Å². The summed E-state index contributed by atoms with van der Waals surface area (Å²) in [5.41, 5.74) is 0.166. The van der Waals surface area contributed by atoms with Crippen molar-refractivity contribution in [1.82, 2.24) is 5.32 Å². The molecule has 1 fully saturated rings. The van der Waals surface area contributed by atoms with Crippen LogP contribution in [0.1, 0.15) is 46.5 Å². The van der Waals surface area contributed by atoms with Crippen LogP contribution in [-0.4, -0.2) is 39.0 Å². The lowest BCUT2D eigenvalue weighted by molar-refractivity contribution is -0.0153. The van der Waals surface area contributed by atoms with Crippen LogP contribution in [0.3, 0.4) is 0 Å². The van der Waals surface area contributed by atoms with Gasteiger partial charge in [-0.15, -0.1) is 0 Å². The zero-order chi connectivity index (χ0) is 12.9. The van der Waals surface area contributed by atoms with Gasteiger partial charge in [-0.1, -0.05) is 20.8 Å². The van der Waals surface area contributed by atoms with Crippen molar-refractivity contribution >= 4 is 0 Å². The molecular formula is C14H29NO2. The van der Waals surface area contributed by atoms with E-state index in [1.165, 1.54) is 12.8 Å². The maximum absolute atomic E-state index is 5.68. The van der Waals surface area contributed by atoms with Crippen LogP contribution >= 0.6 is 0 Å². The molecule has 3 unspecified atom stereocenters. The molecule has 17 heavy (non-hydrogen) atoms. The zero-order valence-corrected chi connectivity index (χ0v) is 12.1. The maximum atomic E-state index is 5.68. The van der Waals surface area contributed by atoms with Crippen molar-refractivity contribution in [2.45, 2.75) is 64.7 Å². The quantitative estimate of drug-likeness (QED) is 0.778. The normalized spacial score (nSPS) is 24.9. The zero-order valence-electron chi connectivity index (χ0n) is 12.1. The second-order valence-corrected chi connectivity index (χ2v) is 6.13. The van der Waals surface area contributed by atoms with Gasteiger partial charge in [-0.05, 0) is 38.1 Å². The van der Waals surface area contributed by atoms with Crippen LogP contribution < -0.4 is 5.32 Å². The summed E-state index contributed by atoms with van der Waals surface area (Å²) in [6, 6.07) is 0.407. The lowest BCUT2D eigenvalue weighted by Crippen LogP contribution is -2.46. The van der Waals surface area contributed by atoms with Gasteiger partial charge < -0.3 is 14.8 Å². The third-order valence-corrected chi connectivity index (χ3v) is 3.67. The van der Waals surface area contributed by atoms with Crippen molar-refractivity contribution in [3.63, 3.8) is 0 Å². The number of likely N-dealkylation sites (N-methyl/N-ethyl adjacent to an activating group) is 1. The van der Waals surface area contributed by atoms with E-state index in [4.69, 9.17) is 9.47 Å². The van der Waals surface area contributed by atoms with Crippen molar-refractivity contribution in [2.75, 3.05) is 20.8 Å². The first-order chi connectivity index (χ1) is 7.99. The smallest absolute Gasteiger partial charge is 0.0772 e. The van der Waals surface area contributed by atoms with Crippen LogP contribution in [0.15, 0.2) is 0 Å². The number of methoxy groups -OCH3 is 1. The second kappa shape index (κ2) is 6.72. The molecule has 1 saturated heterocycles. The summed E-state index contributed by atoms with van der Waals surface area (Å²) >= 11 is 0. The Bertz CT molecular complexity index is 207. The van der Waals surface area contributed by atoms with Crippen LogP contribution in [0, 0.1) is 5.41 Å². The standard InChI is InChI=1S/C14H29NO2/c1-14(2,3)13(16-5)12(15-4)9-8-11-7-6-10-17-11/h11-13,15H,6-10H2,1-5H3. The Balaban J connectivity index is 2.45. The molecule has 1 aliphatic heterocycles. The topological polar surface area (TPSA) is 30.5 Å². The first-order valence-corrected chi connectivity index (χ1v) is 6.80. The average Bonchev–Trinajstić information content (AvgIpc) is 2.74. The van der Waals surface area contributed by atoms with Crippen LogP contribution in [0.4, 0.5) is 0 Å². The summed E-state index contributed by atoms with van der Waals surface area (Å²) in [5.74, 6) is 0. The average molecular weight is 243 g/mol. The van der Waals surface area contributed by atoms with Gasteiger partial charge in [0, 0.05) is 19.8 Å². The summed E-state index contributed by atoms with van der Waals surface area (Å²) in [6.45, 7) is 7.65. The summed E-state index contributed by atoms with van der Waals surface area (Å²) in [7, 11) is 3.84. The largest absolute Gasteiger partial charge is 0.379 e. The fourth-order valence-corrected chi connectivity index (χ4v) is 2.81. The number of nitrogens with one attached hydrogen (secondary N) is 1. The fraction of sp³-hybridized carbons (Fsp3) is 1.00. The van der Waals surface area contributed by atoms with E-state index in [1.54, 1.807) is 0 Å². The molecule has 0 spiro atoms. The van der Waals surface area contributed by atoms with Gasteiger partial charge in [0.25, 0.3) is 0 Å². The van der Waals surface area contributed by atoms with Crippen LogP contribution in [0.5, 0.6) is 0 Å². The Morgan fingerprint density at radius 2 is 2.12 bits per heavy atom. The predicted octanol–water partition coefficient (Wildman–Crippen LogP) is 2.59. The van der Waals surface area contributed by atoms with Crippen LogP contribution in [0.2, 0.25) is 0 Å². The molecule has 3 heteroatoms. The molecule has 3 nitrogen and oxygen atoms in total. The van der Waals surface area contributed by atoms with E-state index >= 15 is 0 Å². The molecule has 0 aromatic carbocycles. The monoisotopic (exact) mass is 243 g/mol. The van der Waals surface area contributed by atoms with Gasteiger partial charge in [-0.3, -0.25) is 0 Å². The van der Waals surface area contributed by atoms with Gasteiger partial charge in [0.2, 0.25) is 0 Å². The van der Waals surface area contributed by atoms with Gasteiger partial charge in [-0.25, -0.2) is 0 Å². The maximum Gasteiger partial charge on any atom is 0.0772 e. The van der Waals surface area contributed by atoms with Gasteiger partial charge in [0.15, 0.2) is 0 Å². The molecular weight excluding hydrogens is 214 g/mol. The van der Waals surface area contributed by atoms with Crippen molar-refractivity contribution in [3.05, 3.63) is 0 Å². The van der Waals surface area contributed by atoms with E-state index in [9.17, 15) is 0 Å². The summed E-state index contributed by atoms with van der Waals surface area (Å²) in [6.07, 6.45) is 5.43. The molecule has 0 radical (unpaired) electrons. The Morgan fingerprint density at radius 3 is 2.53 bits per heavy atom. The lowest BCUT2D eigenvalue weighted by Gasteiger charge is -2.36. The fourth-order valence-electron chi connectivity index (χ4n) is 2.81. The van der Waals surface area contributed by atoms with Gasteiger partial charge in [0.1, 0.15) is 0 Å². The summed E-state index contributed by atoms with van der Waals surface area (Å²) in [5, 5.41) is 3.40. The van der Waals surface area contributed by atoms with Crippen LogP contribution in [-0.2, 0) is 9.47 Å². The van der Waals surface area contributed by atoms with Gasteiger partial charge >= 0.3 is 0 Å². The highest BCUT2D eigenvalue weighted by molar-refractivity contribution is 4.86. The molecule has 3 atom stereocenters. The SMILES string of the molecule is CNC(CCC1CCCO1)C(OC)C(C)(C)C. The molecule has 1 aliphatic rings. The number of rotatable bonds is 6. The summed E-state index contributed by atoms with van der Waals surface area (Å²) in [4.78, 5) is 0. The highest BCUT2D eigenvalue weighted by atomic mass is 16.5. The molecule has 0 aromatic heterocycles. The summed E-state index contributed by atoms with van der Waals surface area (Å²) < 4.78 is 11.4. The molecule has 0 aromatic rings. The van der Waals surface area contributed by atoms with E-state index in [2.05, 4.69) is 26.1 Å². The first kappa shape index (κ1) is 14.9. The van der Waals surface area contributed by atoms with E-state index in [1.807, 2.05) is 14.2 Å². The van der Waals surface area contributed by atoms with E-state index in [0.29, 0.717) is 12.1 Å². The number of ether oxygens (including phenoxy) is 2. The highest BCUT2D eigenvalue weighted by Gasteiger charge is 2.32. The minimum Gasteiger partial charge on any atom is -0.379 e. The molecule has 1 rings (SSSR count). The highest BCUT2D eigenvalue weighted by Crippen LogP contribution is 2.27. The predicted molar refractivity (Wildman–Crippen MR) is 71.3 cm³/mol.